The molecule has 0 bridgehead atoms. The minimum absolute atomic E-state index is 0.0437. The standard InChI is InChI=1S/C6H12N2O2S/c1-6(2)8-11(9,10)5-3-4-7/h6,8H,3,5H2,1-2H3. The summed E-state index contributed by atoms with van der Waals surface area (Å²) >= 11 is 0. The maximum absolute atomic E-state index is 10.9. The van der Waals surface area contributed by atoms with E-state index in [-0.39, 0.29) is 18.2 Å². The summed E-state index contributed by atoms with van der Waals surface area (Å²) in [5.74, 6) is -0.109. The molecule has 5 heteroatoms. The molecule has 0 aromatic heterocycles. The van der Waals surface area contributed by atoms with Crippen LogP contribution in [0.15, 0.2) is 0 Å². The zero-order valence-corrected chi connectivity index (χ0v) is 7.48. The Bertz CT molecular complexity index is 238. The average molecular weight is 176 g/mol. The Morgan fingerprint density at radius 3 is 2.45 bits per heavy atom. The summed E-state index contributed by atoms with van der Waals surface area (Å²) in [4.78, 5) is 0. The molecule has 0 radical (unpaired) electrons. The Balaban J connectivity index is 3.94. The molecule has 0 fully saturated rings. The largest absolute Gasteiger partial charge is 0.213 e. The Kier molecular flexibility index (Phi) is 4.08. The molecule has 0 atom stereocenters. The van der Waals surface area contributed by atoms with Gasteiger partial charge in [0, 0.05) is 6.04 Å². The Morgan fingerprint density at radius 1 is 1.55 bits per heavy atom. The van der Waals surface area contributed by atoms with Crippen LogP contribution in [0.3, 0.4) is 0 Å². The second kappa shape index (κ2) is 4.31. The molecule has 0 spiro atoms. The van der Waals surface area contributed by atoms with Gasteiger partial charge in [-0.3, -0.25) is 0 Å². The summed E-state index contributed by atoms with van der Waals surface area (Å²) < 4.78 is 24.3. The van der Waals surface area contributed by atoms with Crippen molar-refractivity contribution in [3.63, 3.8) is 0 Å². The monoisotopic (exact) mass is 176 g/mol. The van der Waals surface area contributed by atoms with E-state index in [4.69, 9.17) is 5.26 Å². The molecule has 0 aromatic rings. The molecule has 0 saturated heterocycles. The van der Waals surface area contributed by atoms with Gasteiger partial charge < -0.3 is 0 Å². The number of hydrogen-bond donors (Lipinski definition) is 1. The van der Waals surface area contributed by atoms with Gasteiger partial charge in [-0.05, 0) is 13.8 Å². The van der Waals surface area contributed by atoms with Crippen LogP contribution in [0, 0.1) is 11.3 Å². The summed E-state index contributed by atoms with van der Waals surface area (Å²) in [6.07, 6.45) is 0.0437. The predicted molar refractivity (Wildman–Crippen MR) is 42.3 cm³/mol. The highest BCUT2D eigenvalue weighted by molar-refractivity contribution is 7.89. The fourth-order valence-electron chi connectivity index (χ4n) is 0.598. The van der Waals surface area contributed by atoms with Crippen molar-refractivity contribution in [3.8, 4) is 6.07 Å². The van der Waals surface area contributed by atoms with E-state index >= 15 is 0 Å². The summed E-state index contributed by atoms with van der Waals surface area (Å²) in [6, 6.07) is 1.68. The van der Waals surface area contributed by atoms with E-state index in [1.807, 2.05) is 0 Å². The first-order valence-corrected chi connectivity index (χ1v) is 5.00. The zero-order chi connectivity index (χ0) is 8.91. The van der Waals surface area contributed by atoms with Gasteiger partial charge in [0.15, 0.2) is 0 Å². The van der Waals surface area contributed by atoms with Crippen molar-refractivity contribution in [2.75, 3.05) is 5.75 Å². The number of hydrogen-bond acceptors (Lipinski definition) is 3. The lowest BCUT2D eigenvalue weighted by molar-refractivity contribution is 0.570. The minimum Gasteiger partial charge on any atom is -0.213 e. The molecule has 0 amide bonds. The van der Waals surface area contributed by atoms with E-state index in [9.17, 15) is 8.42 Å². The molecule has 64 valence electrons. The van der Waals surface area contributed by atoms with Crippen molar-refractivity contribution < 1.29 is 8.42 Å². The first-order chi connectivity index (χ1) is 4.98. The minimum atomic E-state index is -3.22. The molecular formula is C6H12N2O2S. The lowest BCUT2D eigenvalue weighted by Crippen LogP contribution is -2.32. The molecule has 4 nitrogen and oxygen atoms in total. The zero-order valence-electron chi connectivity index (χ0n) is 6.66. The summed E-state index contributed by atoms with van der Waals surface area (Å²) in [5, 5.41) is 8.12. The van der Waals surface area contributed by atoms with Crippen molar-refractivity contribution in [2.45, 2.75) is 26.3 Å². The van der Waals surface area contributed by atoms with E-state index in [1.165, 1.54) is 0 Å². The molecule has 1 N–H and O–H groups in total. The lowest BCUT2D eigenvalue weighted by Gasteiger charge is -2.06. The van der Waals surface area contributed by atoms with E-state index in [0.29, 0.717) is 0 Å². The molecule has 0 aromatic carbocycles. The molecule has 11 heavy (non-hydrogen) atoms. The summed E-state index contributed by atoms with van der Waals surface area (Å²) in [6.45, 7) is 3.48. The maximum Gasteiger partial charge on any atom is 0.212 e. The molecule has 0 unspecified atom stereocenters. The van der Waals surface area contributed by atoms with Gasteiger partial charge in [-0.2, -0.15) is 5.26 Å². The SMILES string of the molecule is CC(C)NS(=O)(=O)CCC#N. The number of sulfonamides is 1. The summed E-state index contributed by atoms with van der Waals surface area (Å²) in [5.41, 5.74) is 0. The average Bonchev–Trinajstić information content (AvgIpc) is 1.81. The van der Waals surface area contributed by atoms with Crippen molar-refractivity contribution in [1.29, 1.82) is 5.26 Å². The van der Waals surface area contributed by atoms with Crippen LogP contribution in [0.5, 0.6) is 0 Å². The maximum atomic E-state index is 10.9. The Hall–Kier alpha value is -0.600. The highest BCUT2D eigenvalue weighted by Crippen LogP contribution is 1.90. The van der Waals surface area contributed by atoms with Crippen molar-refractivity contribution in [1.82, 2.24) is 4.72 Å². The van der Waals surface area contributed by atoms with Gasteiger partial charge in [0.1, 0.15) is 0 Å². The molecule has 0 heterocycles. The Morgan fingerprint density at radius 2 is 2.09 bits per heavy atom. The van der Waals surface area contributed by atoms with E-state index in [0.717, 1.165) is 0 Å². The van der Waals surface area contributed by atoms with Gasteiger partial charge in [0.05, 0.1) is 18.2 Å². The first kappa shape index (κ1) is 10.4. The van der Waals surface area contributed by atoms with Crippen molar-refractivity contribution in [3.05, 3.63) is 0 Å². The fraction of sp³-hybridized carbons (Fsp3) is 0.833. The Labute approximate surface area is 67.3 Å². The van der Waals surface area contributed by atoms with Crippen LogP contribution in [0.1, 0.15) is 20.3 Å². The van der Waals surface area contributed by atoms with Gasteiger partial charge in [-0.1, -0.05) is 0 Å². The van der Waals surface area contributed by atoms with Crippen LogP contribution in [0.25, 0.3) is 0 Å². The van der Waals surface area contributed by atoms with Gasteiger partial charge in [-0.25, -0.2) is 13.1 Å². The third-order valence-electron chi connectivity index (χ3n) is 0.898. The van der Waals surface area contributed by atoms with Crippen molar-refractivity contribution in [2.24, 2.45) is 0 Å². The molecule has 0 aliphatic rings. The molecular weight excluding hydrogens is 164 g/mol. The van der Waals surface area contributed by atoms with E-state index in [1.54, 1.807) is 19.9 Å². The van der Waals surface area contributed by atoms with Crippen LogP contribution < -0.4 is 4.72 Å². The second-order valence-corrected chi connectivity index (χ2v) is 4.37. The van der Waals surface area contributed by atoms with Crippen LogP contribution in [0.2, 0.25) is 0 Å². The highest BCUT2D eigenvalue weighted by Gasteiger charge is 2.10. The van der Waals surface area contributed by atoms with Crippen LogP contribution >= 0.6 is 0 Å². The highest BCUT2D eigenvalue weighted by atomic mass is 32.2. The number of nitrogens with zero attached hydrogens (tertiary/aromatic N) is 1. The van der Waals surface area contributed by atoms with E-state index in [2.05, 4.69) is 4.72 Å². The van der Waals surface area contributed by atoms with Gasteiger partial charge >= 0.3 is 0 Å². The van der Waals surface area contributed by atoms with Gasteiger partial charge in [0.25, 0.3) is 0 Å². The molecule has 0 saturated carbocycles. The summed E-state index contributed by atoms with van der Waals surface area (Å²) in [7, 11) is -3.22. The number of rotatable bonds is 4. The quantitative estimate of drug-likeness (QED) is 0.666. The topological polar surface area (TPSA) is 70.0 Å². The van der Waals surface area contributed by atoms with E-state index < -0.39 is 10.0 Å². The number of nitriles is 1. The van der Waals surface area contributed by atoms with Gasteiger partial charge in [0.2, 0.25) is 10.0 Å². The molecule has 0 aliphatic carbocycles. The predicted octanol–water partition coefficient (Wildman–Crippen LogP) is 0.228. The fourth-order valence-corrected chi connectivity index (χ4v) is 1.79. The smallest absolute Gasteiger partial charge is 0.212 e. The van der Waals surface area contributed by atoms with Crippen LogP contribution in [-0.2, 0) is 10.0 Å². The van der Waals surface area contributed by atoms with Crippen LogP contribution in [0.4, 0.5) is 0 Å². The lowest BCUT2D eigenvalue weighted by atomic mass is 10.4. The number of nitrogens with one attached hydrogen (secondary N) is 1. The normalized spacial score (nSPS) is 11.5. The van der Waals surface area contributed by atoms with Crippen LogP contribution in [-0.4, -0.2) is 20.2 Å². The van der Waals surface area contributed by atoms with Gasteiger partial charge in [-0.15, -0.1) is 0 Å². The third kappa shape index (κ3) is 5.83. The molecule has 0 rings (SSSR count). The third-order valence-corrected chi connectivity index (χ3v) is 2.47. The first-order valence-electron chi connectivity index (χ1n) is 3.35. The molecule has 0 aliphatic heterocycles. The van der Waals surface area contributed by atoms with Crippen molar-refractivity contribution >= 4 is 10.0 Å². The second-order valence-electron chi connectivity index (χ2n) is 2.50.